The monoisotopic (exact) mass is 841 g/mol. The maximum Gasteiger partial charge on any atom is 0.238 e. The Bertz CT molecular complexity index is 3720. The lowest BCUT2D eigenvalue weighted by atomic mass is 9.86. The molecular formula is C59H47N5O. The Labute approximate surface area is 377 Å². The van der Waals surface area contributed by atoms with Crippen LogP contribution in [0.1, 0.15) is 52.7 Å². The van der Waals surface area contributed by atoms with Crippen molar-refractivity contribution in [3.63, 3.8) is 0 Å². The Morgan fingerprint density at radius 1 is 0.431 bits per heavy atom. The van der Waals surface area contributed by atoms with Gasteiger partial charge in [-0.3, -0.25) is 4.57 Å². The first-order chi connectivity index (χ1) is 31.5. The molecule has 0 aliphatic carbocycles. The summed E-state index contributed by atoms with van der Waals surface area (Å²) in [5.41, 5.74) is 15.3. The topological polar surface area (TPSA) is 61.7 Å². The standard InChI is InChI=1S/C59H47N5O/c1-58(2,3)40-25-19-36(20-26-40)38-23-30-50-46(33-38)47-34-39(37-21-27-41(28-22-37)59(4,5)6)24-31-51(47)64(50)57-61-35-60-56(62-57)44-14-8-11-17-49(44)63-48-16-10-7-13-42(48)43-29-32-53-54(55(43)63)45-15-9-12-18-52(45)65-53/h7-35H,1-6H3. The summed E-state index contributed by atoms with van der Waals surface area (Å²) in [6.07, 6.45) is 1.65. The fourth-order valence-electron chi connectivity index (χ4n) is 9.82. The largest absolute Gasteiger partial charge is 0.456 e. The number of aromatic nitrogens is 5. The van der Waals surface area contributed by atoms with Crippen LogP contribution in [0.15, 0.2) is 181 Å². The van der Waals surface area contributed by atoms with Gasteiger partial charge in [-0.15, -0.1) is 0 Å². The molecule has 0 aliphatic rings. The highest BCUT2D eigenvalue weighted by molar-refractivity contribution is 6.24. The van der Waals surface area contributed by atoms with E-state index in [-0.39, 0.29) is 10.8 Å². The predicted octanol–water partition coefficient (Wildman–Crippen LogP) is 15.6. The van der Waals surface area contributed by atoms with Crippen LogP contribution in [0.4, 0.5) is 0 Å². The Hall–Kier alpha value is -7.83. The van der Waals surface area contributed by atoms with Gasteiger partial charge < -0.3 is 8.98 Å². The van der Waals surface area contributed by atoms with Crippen molar-refractivity contribution in [3.8, 4) is 45.3 Å². The summed E-state index contributed by atoms with van der Waals surface area (Å²) in [4.78, 5) is 15.2. The van der Waals surface area contributed by atoms with Gasteiger partial charge in [-0.25, -0.2) is 9.97 Å². The fraction of sp³-hybridized carbons (Fsp3) is 0.136. The SMILES string of the molecule is CC(C)(C)c1ccc(-c2ccc3c(c2)c2cc(-c4ccc(C(C)(C)C)cc4)ccc2n3-c2ncnc(-c3ccccc3-n3c4ccccc4c4ccc5oc6ccccc6c5c43)n2)cc1. The van der Waals surface area contributed by atoms with Crippen LogP contribution in [0.25, 0.3) is 111 Å². The van der Waals surface area contributed by atoms with E-state index in [1.807, 2.05) is 12.1 Å². The third-order valence-corrected chi connectivity index (χ3v) is 13.3. The van der Waals surface area contributed by atoms with Crippen LogP contribution >= 0.6 is 0 Å². The van der Waals surface area contributed by atoms with E-state index in [9.17, 15) is 0 Å². The summed E-state index contributed by atoms with van der Waals surface area (Å²) in [6, 6.07) is 61.1. The van der Waals surface area contributed by atoms with Crippen molar-refractivity contribution in [3.05, 3.63) is 187 Å². The molecule has 0 bridgehead atoms. The van der Waals surface area contributed by atoms with Gasteiger partial charge in [0.25, 0.3) is 0 Å². The van der Waals surface area contributed by atoms with Gasteiger partial charge >= 0.3 is 0 Å². The zero-order valence-corrected chi connectivity index (χ0v) is 37.4. The Kier molecular flexibility index (Phi) is 8.57. The van der Waals surface area contributed by atoms with E-state index >= 15 is 0 Å². The zero-order chi connectivity index (χ0) is 44.2. The van der Waals surface area contributed by atoms with Gasteiger partial charge in [0.2, 0.25) is 5.95 Å². The summed E-state index contributed by atoms with van der Waals surface area (Å²) < 4.78 is 11.0. The number of hydrogen-bond acceptors (Lipinski definition) is 4. The van der Waals surface area contributed by atoms with Crippen LogP contribution in [0, 0.1) is 0 Å². The molecule has 0 N–H and O–H groups in total. The van der Waals surface area contributed by atoms with Gasteiger partial charge in [0, 0.05) is 32.5 Å². The average molecular weight is 842 g/mol. The molecule has 0 unspecified atom stereocenters. The Morgan fingerprint density at radius 2 is 0.985 bits per heavy atom. The number of para-hydroxylation sites is 3. The van der Waals surface area contributed by atoms with Gasteiger partial charge in [-0.1, -0.05) is 151 Å². The van der Waals surface area contributed by atoms with Gasteiger partial charge in [-0.2, -0.15) is 4.98 Å². The molecule has 6 heteroatoms. The molecular weight excluding hydrogens is 795 g/mol. The molecule has 12 aromatic rings. The van der Waals surface area contributed by atoms with E-state index in [0.29, 0.717) is 11.8 Å². The van der Waals surface area contributed by atoms with Crippen LogP contribution in [0.2, 0.25) is 0 Å². The van der Waals surface area contributed by atoms with Crippen LogP contribution in [0.5, 0.6) is 0 Å². The third kappa shape index (κ3) is 6.27. The first-order valence-corrected chi connectivity index (χ1v) is 22.4. The number of rotatable bonds is 5. The minimum absolute atomic E-state index is 0.0754. The van der Waals surface area contributed by atoms with E-state index in [0.717, 1.165) is 82.5 Å². The molecule has 6 nitrogen and oxygen atoms in total. The molecule has 0 fully saturated rings. The summed E-state index contributed by atoms with van der Waals surface area (Å²) in [5, 5.41) is 6.76. The highest BCUT2D eigenvalue weighted by atomic mass is 16.3. The number of furan rings is 1. The minimum atomic E-state index is 0.0754. The lowest BCUT2D eigenvalue weighted by Crippen LogP contribution is -2.10. The second kappa shape index (κ2) is 14.3. The maximum absolute atomic E-state index is 6.44. The second-order valence-electron chi connectivity index (χ2n) is 19.4. The summed E-state index contributed by atoms with van der Waals surface area (Å²) in [6.45, 7) is 13.5. The number of fused-ring (bicyclic) bond motifs is 10. The van der Waals surface area contributed by atoms with Crippen molar-refractivity contribution in [2.75, 3.05) is 0 Å². The van der Waals surface area contributed by atoms with Gasteiger partial charge in [0.15, 0.2) is 5.82 Å². The maximum atomic E-state index is 6.44. The molecule has 12 rings (SSSR count). The van der Waals surface area contributed by atoms with E-state index in [1.165, 1.54) is 27.6 Å². The van der Waals surface area contributed by atoms with E-state index in [2.05, 4.69) is 208 Å². The van der Waals surface area contributed by atoms with Crippen LogP contribution < -0.4 is 0 Å². The van der Waals surface area contributed by atoms with Crippen molar-refractivity contribution >= 4 is 65.6 Å². The first-order valence-electron chi connectivity index (χ1n) is 22.4. The fourth-order valence-corrected chi connectivity index (χ4v) is 9.82. The molecule has 8 aromatic carbocycles. The zero-order valence-electron chi connectivity index (χ0n) is 37.4. The van der Waals surface area contributed by atoms with Crippen LogP contribution in [-0.4, -0.2) is 24.1 Å². The van der Waals surface area contributed by atoms with Crippen molar-refractivity contribution in [1.29, 1.82) is 0 Å². The molecule has 0 radical (unpaired) electrons. The van der Waals surface area contributed by atoms with Gasteiger partial charge in [0.1, 0.15) is 17.5 Å². The van der Waals surface area contributed by atoms with Crippen LogP contribution in [0.3, 0.4) is 0 Å². The molecule has 0 aliphatic heterocycles. The lowest BCUT2D eigenvalue weighted by Gasteiger charge is -2.19. The summed E-state index contributed by atoms with van der Waals surface area (Å²) in [7, 11) is 0. The number of nitrogens with zero attached hydrogens (tertiary/aromatic N) is 5. The molecule has 0 amide bonds. The van der Waals surface area contributed by atoms with Crippen molar-refractivity contribution in [1.82, 2.24) is 24.1 Å². The van der Waals surface area contributed by atoms with Crippen LogP contribution in [-0.2, 0) is 10.8 Å². The van der Waals surface area contributed by atoms with E-state index < -0.39 is 0 Å². The van der Waals surface area contributed by atoms with E-state index in [4.69, 9.17) is 19.4 Å². The Morgan fingerprint density at radius 3 is 1.63 bits per heavy atom. The minimum Gasteiger partial charge on any atom is -0.456 e. The smallest absolute Gasteiger partial charge is 0.238 e. The number of hydrogen-bond donors (Lipinski definition) is 0. The predicted molar refractivity (Wildman–Crippen MR) is 269 cm³/mol. The van der Waals surface area contributed by atoms with Crippen molar-refractivity contribution in [2.45, 2.75) is 52.4 Å². The molecule has 0 atom stereocenters. The molecule has 0 saturated heterocycles. The number of benzene rings is 8. The highest BCUT2D eigenvalue weighted by Crippen LogP contribution is 2.43. The molecule has 314 valence electrons. The lowest BCUT2D eigenvalue weighted by molar-refractivity contribution is 0.590. The average Bonchev–Trinajstić information content (AvgIpc) is 3.98. The third-order valence-electron chi connectivity index (χ3n) is 13.3. The Balaban J connectivity index is 1.05. The molecule has 0 saturated carbocycles. The second-order valence-corrected chi connectivity index (χ2v) is 19.4. The summed E-state index contributed by atoms with van der Waals surface area (Å²) >= 11 is 0. The van der Waals surface area contributed by atoms with Gasteiger partial charge in [0.05, 0.1) is 33.1 Å². The quantitative estimate of drug-likeness (QED) is 0.173. The summed E-state index contributed by atoms with van der Waals surface area (Å²) in [5.74, 6) is 1.14. The van der Waals surface area contributed by atoms with Crippen molar-refractivity contribution < 1.29 is 4.42 Å². The van der Waals surface area contributed by atoms with Gasteiger partial charge in [-0.05, 0) is 105 Å². The van der Waals surface area contributed by atoms with E-state index in [1.54, 1.807) is 6.33 Å². The normalized spacial score (nSPS) is 12.5. The van der Waals surface area contributed by atoms with Crippen molar-refractivity contribution in [2.24, 2.45) is 0 Å². The molecule has 4 aromatic heterocycles. The first kappa shape index (κ1) is 38.8. The highest BCUT2D eigenvalue weighted by Gasteiger charge is 2.23. The molecule has 0 spiro atoms. The molecule has 4 heterocycles. The molecule has 65 heavy (non-hydrogen) atoms.